The van der Waals surface area contributed by atoms with Crippen LogP contribution in [0.2, 0.25) is 5.28 Å². The molecule has 0 radical (unpaired) electrons. The Balaban J connectivity index is 1.92. The number of aromatic nitrogens is 4. The maximum absolute atomic E-state index is 12.5. The van der Waals surface area contributed by atoms with E-state index in [9.17, 15) is 19.2 Å². The summed E-state index contributed by atoms with van der Waals surface area (Å²) in [4.78, 5) is 52.2. The fourth-order valence-electron chi connectivity index (χ4n) is 2.79. The summed E-state index contributed by atoms with van der Waals surface area (Å²) < 4.78 is 3.35. The van der Waals surface area contributed by atoms with Crippen molar-refractivity contribution in [1.82, 2.24) is 18.7 Å². The highest BCUT2D eigenvalue weighted by Crippen LogP contribution is 2.17. The number of aryl methyl sites for hydroxylation is 1. The lowest BCUT2D eigenvalue weighted by Crippen LogP contribution is -2.37. The molecule has 11 heteroatoms. The molecule has 0 aliphatic rings. The number of carbonyl (C=O) groups excluding carboxylic acids is 2. The Morgan fingerprint density at radius 2 is 1.75 bits per heavy atom. The lowest BCUT2D eigenvalue weighted by molar-refractivity contribution is -0.116. The van der Waals surface area contributed by atoms with Gasteiger partial charge >= 0.3 is 5.69 Å². The highest BCUT2D eigenvalue weighted by molar-refractivity contribution is 6.29. The second-order valence-corrected chi connectivity index (χ2v) is 6.49. The number of carbonyl (C=O) groups is 2. The van der Waals surface area contributed by atoms with Gasteiger partial charge in [0.1, 0.15) is 6.54 Å². The van der Waals surface area contributed by atoms with Gasteiger partial charge in [-0.3, -0.25) is 28.1 Å². The quantitative estimate of drug-likeness (QED) is 0.620. The first-order chi connectivity index (χ1) is 13.2. The molecule has 1 aromatic carbocycles. The number of benzene rings is 1. The molecule has 2 aromatic heterocycles. The van der Waals surface area contributed by atoms with Gasteiger partial charge in [0.05, 0.1) is 0 Å². The van der Waals surface area contributed by atoms with Gasteiger partial charge in [-0.25, -0.2) is 4.79 Å². The molecule has 0 aliphatic heterocycles. The average Bonchev–Trinajstić information content (AvgIpc) is 2.94. The van der Waals surface area contributed by atoms with Gasteiger partial charge in [0.2, 0.25) is 17.1 Å². The van der Waals surface area contributed by atoms with Crippen molar-refractivity contribution in [2.45, 2.75) is 13.5 Å². The molecule has 0 saturated heterocycles. The second kappa shape index (κ2) is 7.31. The summed E-state index contributed by atoms with van der Waals surface area (Å²) >= 11 is 6.11. The molecule has 0 aliphatic carbocycles. The highest BCUT2D eigenvalue weighted by Gasteiger charge is 2.19. The number of rotatable bonds is 4. The summed E-state index contributed by atoms with van der Waals surface area (Å²) in [6, 6.07) is 6.60. The minimum Gasteiger partial charge on any atom is -0.326 e. The zero-order chi connectivity index (χ0) is 20.6. The molecule has 0 spiro atoms. The van der Waals surface area contributed by atoms with Crippen LogP contribution >= 0.6 is 11.6 Å². The van der Waals surface area contributed by atoms with Crippen LogP contribution in [-0.4, -0.2) is 30.5 Å². The summed E-state index contributed by atoms with van der Waals surface area (Å²) in [6.45, 7) is 1.10. The Kier molecular flexibility index (Phi) is 5.06. The van der Waals surface area contributed by atoms with Crippen molar-refractivity contribution in [1.29, 1.82) is 0 Å². The number of fused-ring (bicyclic) bond motifs is 1. The Hall–Kier alpha value is -3.40. The molecular weight excluding hydrogens is 388 g/mol. The van der Waals surface area contributed by atoms with Gasteiger partial charge in [-0.15, -0.1) is 0 Å². The number of anilines is 2. The Labute approximate surface area is 163 Å². The number of hydrogen-bond donors (Lipinski definition) is 2. The van der Waals surface area contributed by atoms with Crippen LogP contribution in [-0.2, 0) is 30.2 Å². The number of amides is 2. The van der Waals surface area contributed by atoms with E-state index in [4.69, 9.17) is 11.6 Å². The van der Waals surface area contributed by atoms with E-state index in [1.165, 1.54) is 30.2 Å². The first-order valence-electron chi connectivity index (χ1n) is 8.18. The standard InChI is InChI=1S/C17H17ClN6O4/c1-9(25)19-10-5-4-6-11(7-10)20-12(26)8-24-13-14(21-16(24)18)22(2)17(28)23(3)15(13)27/h4-7H,8H2,1-3H3,(H,19,25)(H,20,26). The highest BCUT2D eigenvalue weighted by atomic mass is 35.5. The van der Waals surface area contributed by atoms with Gasteiger partial charge in [-0.05, 0) is 29.8 Å². The molecule has 3 aromatic rings. The van der Waals surface area contributed by atoms with Crippen molar-refractivity contribution >= 4 is 46.0 Å². The van der Waals surface area contributed by atoms with Crippen LogP contribution in [0.15, 0.2) is 33.9 Å². The van der Waals surface area contributed by atoms with E-state index >= 15 is 0 Å². The SMILES string of the molecule is CC(=O)Nc1cccc(NC(=O)Cn2c(Cl)nc3c2c(=O)n(C)c(=O)n3C)c1. The van der Waals surface area contributed by atoms with Crippen LogP contribution in [0.25, 0.3) is 11.2 Å². The van der Waals surface area contributed by atoms with E-state index in [0.717, 1.165) is 4.57 Å². The van der Waals surface area contributed by atoms with Gasteiger partial charge in [0.15, 0.2) is 11.2 Å². The molecule has 10 nitrogen and oxygen atoms in total. The number of nitrogens with one attached hydrogen (secondary N) is 2. The zero-order valence-electron chi connectivity index (χ0n) is 15.3. The first-order valence-corrected chi connectivity index (χ1v) is 8.56. The summed E-state index contributed by atoms with van der Waals surface area (Å²) in [5.41, 5.74) is -0.0105. The predicted molar refractivity (Wildman–Crippen MR) is 105 cm³/mol. The van der Waals surface area contributed by atoms with Crippen molar-refractivity contribution < 1.29 is 9.59 Å². The van der Waals surface area contributed by atoms with E-state index in [-0.39, 0.29) is 28.9 Å². The van der Waals surface area contributed by atoms with E-state index in [1.807, 2.05) is 0 Å². The summed E-state index contributed by atoms with van der Waals surface area (Å²) in [6.07, 6.45) is 0. The van der Waals surface area contributed by atoms with Crippen LogP contribution < -0.4 is 21.9 Å². The van der Waals surface area contributed by atoms with Crippen LogP contribution in [0.4, 0.5) is 11.4 Å². The van der Waals surface area contributed by atoms with Gasteiger partial charge in [0.25, 0.3) is 5.56 Å². The molecule has 0 atom stereocenters. The van der Waals surface area contributed by atoms with E-state index in [2.05, 4.69) is 15.6 Å². The monoisotopic (exact) mass is 404 g/mol. The molecule has 3 rings (SSSR count). The lowest BCUT2D eigenvalue weighted by atomic mass is 10.2. The third kappa shape index (κ3) is 3.54. The molecule has 2 heterocycles. The molecule has 0 bridgehead atoms. The topological polar surface area (TPSA) is 120 Å². The largest absolute Gasteiger partial charge is 0.332 e. The summed E-state index contributed by atoms with van der Waals surface area (Å²) in [5, 5.41) is 5.20. The van der Waals surface area contributed by atoms with E-state index < -0.39 is 17.2 Å². The Bertz CT molecular complexity index is 1220. The smallest absolute Gasteiger partial charge is 0.326 e. The fourth-order valence-corrected chi connectivity index (χ4v) is 3.01. The predicted octanol–water partition coefficient (Wildman–Crippen LogP) is 0.684. The normalized spacial score (nSPS) is 10.9. The van der Waals surface area contributed by atoms with Crippen LogP contribution in [0.5, 0.6) is 0 Å². The summed E-state index contributed by atoms with van der Waals surface area (Å²) in [5.74, 6) is -0.696. The van der Waals surface area contributed by atoms with Crippen molar-refractivity contribution in [2.75, 3.05) is 10.6 Å². The zero-order valence-corrected chi connectivity index (χ0v) is 16.1. The minimum atomic E-state index is -0.599. The van der Waals surface area contributed by atoms with Crippen LogP contribution in [0, 0.1) is 0 Å². The second-order valence-electron chi connectivity index (χ2n) is 6.16. The van der Waals surface area contributed by atoms with E-state index in [1.54, 1.807) is 24.3 Å². The molecule has 0 unspecified atom stereocenters. The number of imidazole rings is 1. The van der Waals surface area contributed by atoms with Crippen molar-refractivity contribution in [3.05, 3.63) is 50.4 Å². The lowest BCUT2D eigenvalue weighted by Gasteiger charge is -2.10. The molecule has 2 N–H and O–H groups in total. The van der Waals surface area contributed by atoms with Gasteiger partial charge in [-0.1, -0.05) is 6.07 Å². The minimum absolute atomic E-state index is 0.0525. The summed E-state index contributed by atoms with van der Waals surface area (Å²) in [7, 11) is 2.80. The molecule has 2 amide bonds. The van der Waals surface area contributed by atoms with E-state index in [0.29, 0.717) is 11.4 Å². The fraction of sp³-hybridized carbons (Fsp3) is 0.235. The van der Waals surface area contributed by atoms with Crippen molar-refractivity contribution in [3.8, 4) is 0 Å². The molecule has 0 fully saturated rings. The molecular formula is C17H17ClN6O4. The number of hydrogen-bond acceptors (Lipinski definition) is 5. The molecule has 28 heavy (non-hydrogen) atoms. The van der Waals surface area contributed by atoms with Gasteiger partial charge < -0.3 is 10.6 Å². The molecule has 0 saturated carbocycles. The Morgan fingerprint density at radius 1 is 1.11 bits per heavy atom. The molecule has 146 valence electrons. The number of halogens is 1. The third-order valence-electron chi connectivity index (χ3n) is 4.07. The van der Waals surface area contributed by atoms with Gasteiger partial charge in [-0.2, -0.15) is 4.98 Å². The van der Waals surface area contributed by atoms with Crippen LogP contribution in [0.3, 0.4) is 0 Å². The number of nitrogens with zero attached hydrogens (tertiary/aromatic N) is 4. The third-order valence-corrected chi connectivity index (χ3v) is 4.36. The first kappa shape index (κ1) is 19.4. The maximum Gasteiger partial charge on any atom is 0.332 e. The van der Waals surface area contributed by atoms with Crippen LogP contribution in [0.1, 0.15) is 6.92 Å². The van der Waals surface area contributed by atoms with Crippen molar-refractivity contribution in [3.63, 3.8) is 0 Å². The maximum atomic E-state index is 12.5. The van der Waals surface area contributed by atoms with Gasteiger partial charge in [0, 0.05) is 32.4 Å². The van der Waals surface area contributed by atoms with Crippen molar-refractivity contribution in [2.24, 2.45) is 14.1 Å². The average molecular weight is 405 g/mol. The Morgan fingerprint density at radius 3 is 2.39 bits per heavy atom.